The Kier molecular flexibility index (Phi) is 4.55. The molecule has 1 aliphatic heterocycles. The van der Waals surface area contributed by atoms with E-state index in [1.165, 1.54) is 0 Å². The SMILES string of the molecule is CCC(NCC1CCS(=O)(=O)C1)C(N)=NO. The standard InChI is InChI=1S/C9H19N3O3S/c1-2-8(9(10)12-13)11-5-7-3-4-16(14,15)6-7/h7-8,11,13H,2-6H2,1H3,(H2,10,12). The number of amidine groups is 1. The molecule has 1 heterocycles. The van der Waals surface area contributed by atoms with Gasteiger partial charge in [0, 0.05) is 0 Å². The number of rotatable bonds is 5. The van der Waals surface area contributed by atoms with Crippen LogP contribution in [0.2, 0.25) is 0 Å². The summed E-state index contributed by atoms with van der Waals surface area (Å²) in [5, 5.41) is 14.6. The maximum atomic E-state index is 11.2. The summed E-state index contributed by atoms with van der Waals surface area (Å²) in [5.74, 6) is 0.806. The molecule has 0 bridgehead atoms. The molecule has 2 atom stereocenters. The van der Waals surface area contributed by atoms with Crippen LogP contribution in [0.5, 0.6) is 0 Å². The van der Waals surface area contributed by atoms with Crippen molar-refractivity contribution in [2.24, 2.45) is 16.8 Å². The van der Waals surface area contributed by atoms with Crippen LogP contribution < -0.4 is 11.1 Å². The summed E-state index contributed by atoms with van der Waals surface area (Å²) >= 11 is 0. The van der Waals surface area contributed by atoms with Gasteiger partial charge in [-0.15, -0.1) is 0 Å². The molecule has 1 fully saturated rings. The minimum absolute atomic E-state index is 0.142. The molecule has 0 radical (unpaired) electrons. The highest BCUT2D eigenvalue weighted by atomic mass is 32.2. The highest BCUT2D eigenvalue weighted by Gasteiger charge is 2.28. The second kappa shape index (κ2) is 5.49. The quantitative estimate of drug-likeness (QED) is 0.264. The molecule has 6 nitrogen and oxygen atoms in total. The Morgan fingerprint density at radius 2 is 2.38 bits per heavy atom. The van der Waals surface area contributed by atoms with Gasteiger partial charge in [0.05, 0.1) is 17.5 Å². The zero-order chi connectivity index (χ0) is 12.2. The number of nitrogens with zero attached hydrogens (tertiary/aromatic N) is 1. The first-order valence-corrected chi connectivity index (χ1v) is 7.22. The third kappa shape index (κ3) is 3.64. The van der Waals surface area contributed by atoms with Crippen LogP contribution in [0, 0.1) is 5.92 Å². The molecule has 4 N–H and O–H groups in total. The predicted molar refractivity (Wildman–Crippen MR) is 62.3 cm³/mol. The van der Waals surface area contributed by atoms with Crippen molar-refractivity contribution in [3.63, 3.8) is 0 Å². The van der Waals surface area contributed by atoms with Gasteiger partial charge in [0.25, 0.3) is 0 Å². The van der Waals surface area contributed by atoms with Gasteiger partial charge in [-0.2, -0.15) is 0 Å². The van der Waals surface area contributed by atoms with E-state index >= 15 is 0 Å². The largest absolute Gasteiger partial charge is 0.409 e. The van der Waals surface area contributed by atoms with Crippen LogP contribution in [0.3, 0.4) is 0 Å². The van der Waals surface area contributed by atoms with E-state index < -0.39 is 9.84 Å². The second-order valence-corrected chi connectivity index (χ2v) is 6.39. The smallest absolute Gasteiger partial charge is 0.156 e. The Hall–Kier alpha value is -0.820. The van der Waals surface area contributed by atoms with Gasteiger partial charge in [0.15, 0.2) is 15.7 Å². The number of nitrogens with two attached hydrogens (primary N) is 1. The van der Waals surface area contributed by atoms with Crippen LogP contribution in [0.4, 0.5) is 0 Å². The molecule has 1 rings (SSSR count). The van der Waals surface area contributed by atoms with Crippen LogP contribution in [-0.4, -0.2) is 43.6 Å². The maximum absolute atomic E-state index is 11.2. The first-order valence-electron chi connectivity index (χ1n) is 5.39. The molecule has 7 heteroatoms. The van der Waals surface area contributed by atoms with Crippen LogP contribution in [0.1, 0.15) is 19.8 Å². The molecule has 1 saturated heterocycles. The molecule has 0 aromatic rings. The Morgan fingerprint density at radius 3 is 2.81 bits per heavy atom. The first kappa shape index (κ1) is 13.2. The zero-order valence-electron chi connectivity index (χ0n) is 9.39. The van der Waals surface area contributed by atoms with Crippen molar-refractivity contribution in [1.82, 2.24) is 5.32 Å². The van der Waals surface area contributed by atoms with Crippen molar-refractivity contribution in [3.05, 3.63) is 0 Å². The van der Waals surface area contributed by atoms with Gasteiger partial charge in [-0.25, -0.2) is 8.42 Å². The predicted octanol–water partition coefficient (Wildman–Crippen LogP) is -0.464. The zero-order valence-corrected chi connectivity index (χ0v) is 10.2. The Labute approximate surface area is 95.8 Å². The molecular weight excluding hydrogens is 230 g/mol. The summed E-state index contributed by atoms with van der Waals surface area (Å²) < 4.78 is 22.5. The van der Waals surface area contributed by atoms with Crippen LogP contribution in [0.25, 0.3) is 0 Å². The van der Waals surface area contributed by atoms with Crippen molar-refractivity contribution in [3.8, 4) is 0 Å². The van der Waals surface area contributed by atoms with E-state index in [0.717, 1.165) is 0 Å². The van der Waals surface area contributed by atoms with Gasteiger partial charge in [-0.1, -0.05) is 12.1 Å². The van der Waals surface area contributed by atoms with Gasteiger partial charge < -0.3 is 16.3 Å². The molecule has 16 heavy (non-hydrogen) atoms. The summed E-state index contributed by atoms with van der Waals surface area (Å²) in [7, 11) is -2.83. The number of nitrogens with one attached hydrogen (secondary N) is 1. The first-order chi connectivity index (χ1) is 7.48. The number of hydrogen-bond donors (Lipinski definition) is 3. The molecule has 1 aliphatic rings. The van der Waals surface area contributed by atoms with E-state index in [1.54, 1.807) is 0 Å². The summed E-state index contributed by atoms with van der Waals surface area (Å²) in [6.07, 6.45) is 1.40. The fourth-order valence-electron chi connectivity index (χ4n) is 1.87. The van der Waals surface area contributed by atoms with E-state index in [0.29, 0.717) is 19.4 Å². The average Bonchev–Trinajstić information content (AvgIpc) is 2.58. The number of sulfone groups is 1. The Bertz CT molecular complexity index is 353. The van der Waals surface area contributed by atoms with E-state index in [1.807, 2.05) is 6.92 Å². The fourth-order valence-corrected chi connectivity index (χ4v) is 3.73. The van der Waals surface area contributed by atoms with Gasteiger partial charge in [-0.3, -0.25) is 0 Å². The van der Waals surface area contributed by atoms with Gasteiger partial charge in [-0.05, 0) is 25.3 Å². The molecule has 0 saturated carbocycles. The van der Waals surface area contributed by atoms with Crippen molar-refractivity contribution in [2.45, 2.75) is 25.8 Å². The minimum Gasteiger partial charge on any atom is -0.409 e. The third-order valence-corrected chi connectivity index (χ3v) is 4.70. The van der Waals surface area contributed by atoms with Crippen molar-refractivity contribution < 1.29 is 13.6 Å². The summed E-state index contributed by atoms with van der Waals surface area (Å²) in [5.41, 5.74) is 5.49. The minimum atomic E-state index is -2.83. The van der Waals surface area contributed by atoms with Crippen molar-refractivity contribution in [1.29, 1.82) is 0 Å². The van der Waals surface area contributed by atoms with Crippen LogP contribution >= 0.6 is 0 Å². The lowest BCUT2D eigenvalue weighted by atomic mass is 10.1. The lowest BCUT2D eigenvalue weighted by Crippen LogP contribution is -2.43. The third-order valence-electron chi connectivity index (χ3n) is 2.86. The van der Waals surface area contributed by atoms with Crippen LogP contribution in [0.15, 0.2) is 5.16 Å². The average molecular weight is 249 g/mol. The Balaban J connectivity index is 2.40. The maximum Gasteiger partial charge on any atom is 0.156 e. The van der Waals surface area contributed by atoms with Crippen molar-refractivity contribution >= 4 is 15.7 Å². The van der Waals surface area contributed by atoms with Gasteiger partial charge >= 0.3 is 0 Å². The van der Waals surface area contributed by atoms with E-state index in [-0.39, 0.29) is 29.3 Å². The molecule has 0 aromatic carbocycles. The fraction of sp³-hybridized carbons (Fsp3) is 0.889. The molecule has 0 spiro atoms. The molecule has 0 aromatic heterocycles. The molecule has 2 unspecified atom stereocenters. The topological polar surface area (TPSA) is 105 Å². The van der Waals surface area contributed by atoms with E-state index in [4.69, 9.17) is 10.9 Å². The van der Waals surface area contributed by atoms with Gasteiger partial charge in [0.1, 0.15) is 0 Å². The van der Waals surface area contributed by atoms with Gasteiger partial charge in [0.2, 0.25) is 0 Å². The second-order valence-electron chi connectivity index (χ2n) is 4.16. The lowest BCUT2D eigenvalue weighted by Gasteiger charge is -2.17. The number of oxime groups is 1. The highest BCUT2D eigenvalue weighted by Crippen LogP contribution is 2.17. The summed E-state index contributed by atoms with van der Waals surface area (Å²) in [4.78, 5) is 0. The lowest BCUT2D eigenvalue weighted by molar-refractivity contribution is 0.313. The molecule has 0 amide bonds. The molecule has 0 aliphatic carbocycles. The molecular formula is C9H19N3O3S. The molecule has 94 valence electrons. The van der Waals surface area contributed by atoms with Crippen molar-refractivity contribution in [2.75, 3.05) is 18.1 Å². The summed E-state index contributed by atoms with van der Waals surface area (Å²) in [6.45, 7) is 2.51. The normalized spacial score (nSPS) is 26.8. The Morgan fingerprint density at radius 1 is 1.69 bits per heavy atom. The van der Waals surface area contributed by atoms with E-state index in [2.05, 4.69) is 10.5 Å². The van der Waals surface area contributed by atoms with E-state index in [9.17, 15) is 8.42 Å². The summed E-state index contributed by atoms with van der Waals surface area (Å²) in [6, 6.07) is -0.187. The van der Waals surface area contributed by atoms with Crippen LogP contribution in [-0.2, 0) is 9.84 Å². The highest BCUT2D eigenvalue weighted by molar-refractivity contribution is 7.91. The number of hydrogen-bond acceptors (Lipinski definition) is 5. The monoisotopic (exact) mass is 249 g/mol.